The molecule has 0 atom stereocenters. The van der Waals surface area contributed by atoms with Crippen molar-refractivity contribution in [3.8, 4) is 28.1 Å². The number of aryl methyl sites for hydroxylation is 1. The summed E-state index contributed by atoms with van der Waals surface area (Å²) in [4.78, 5) is 17.1. The molecule has 0 radical (unpaired) electrons. The molecule has 0 saturated carbocycles. The van der Waals surface area contributed by atoms with Crippen molar-refractivity contribution < 1.29 is 4.74 Å². The second kappa shape index (κ2) is 7.72. The van der Waals surface area contributed by atoms with Crippen molar-refractivity contribution in [2.45, 2.75) is 18.9 Å². The Balaban J connectivity index is 1.43. The van der Waals surface area contributed by atoms with E-state index < -0.39 is 0 Å². The number of nitrogens with one attached hydrogen (secondary N) is 2. The van der Waals surface area contributed by atoms with Gasteiger partial charge in [-0.2, -0.15) is 5.10 Å². The highest BCUT2D eigenvalue weighted by Crippen LogP contribution is 2.34. The summed E-state index contributed by atoms with van der Waals surface area (Å²) in [5.41, 5.74) is 5.59. The fourth-order valence-electron chi connectivity index (χ4n) is 4.32. The van der Waals surface area contributed by atoms with E-state index in [2.05, 4.69) is 37.5 Å². The first-order valence-electron chi connectivity index (χ1n) is 10.8. The quantitative estimate of drug-likeness (QED) is 0.456. The monoisotopic (exact) mass is 425 g/mol. The van der Waals surface area contributed by atoms with E-state index in [0.29, 0.717) is 0 Å². The lowest BCUT2D eigenvalue weighted by atomic mass is 10.1. The molecule has 5 aromatic heterocycles. The normalized spacial score (nSPS) is 14.9. The first-order valence-corrected chi connectivity index (χ1v) is 10.8. The predicted octanol–water partition coefficient (Wildman–Crippen LogP) is 3.70. The van der Waals surface area contributed by atoms with Crippen LogP contribution >= 0.6 is 0 Å². The average Bonchev–Trinajstić information content (AvgIpc) is 3.42. The zero-order valence-corrected chi connectivity index (χ0v) is 17.7. The zero-order valence-electron chi connectivity index (χ0n) is 17.7. The van der Waals surface area contributed by atoms with Crippen molar-refractivity contribution in [2.75, 3.05) is 13.1 Å². The van der Waals surface area contributed by atoms with Gasteiger partial charge < -0.3 is 15.0 Å². The van der Waals surface area contributed by atoms with E-state index in [-0.39, 0.29) is 6.10 Å². The summed E-state index contributed by atoms with van der Waals surface area (Å²) in [6.45, 7) is 1.97. The SMILES string of the molecule is Cn1cc(-c2cnc3[nH]c4cnc(-c5cnccc5OC5CCNCC5)cc4c3c2)cn1. The number of H-pyrrole nitrogens is 1. The van der Waals surface area contributed by atoms with Gasteiger partial charge in [0.2, 0.25) is 0 Å². The summed E-state index contributed by atoms with van der Waals surface area (Å²) in [6.07, 6.45) is 13.4. The largest absolute Gasteiger partial charge is 0.490 e. The molecule has 8 heteroatoms. The van der Waals surface area contributed by atoms with Crippen molar-refractivity contribution in [1.29, 1.82) is 0 Å². The highest BCUT2D eigenvalue weighted by molar-refractivity contribution is 6.07. The first kappa shape index (κ1) is 18.9. The third-order valence-electron chi connectivity index (χ3n) is 6.01. The average molecular weight is 425 g/mol. The van der Waals surface area contributed by atoms with Crippen molar-refractivity contribution in [1.82, 2.24) is 35.0 Å². The molecule has 1 aliphatic heterocycles. The molecule has 32 heavy (non-hydrogen) atoms. The van der Waals surface area contributed by atoms with Gasteiger partial charge in [-0.1, -0.05) is 0 Å². The second-order valence-electron chi connectivity index (χ2n) is 8.20. The summed E-state index contributed by atoms with van der Waals surface area (Å²) >= 11 is 0. The number of pyridine rings is 3. The Kier molecular flexibility index (Phi) is 4.57. The van der Waals surface area contributed by atoms with E-state index in [9.17, 15) is 0 Å². The Labute approximate surface area is 184 Å². The molecule has 0 aliphatic carbocycles. The molecule has 0 bridgehead atoms. The van der Waals surface area contributed by atoms with Gasteiger partial charge in [-0.3, -0.25) is 14.6 Å². The van der Waals surface area contributed by atoms with Crippen LogP contribution in [0.3, 0.4) is 0 Å². The van der Waals surface area contributed by atoms with Gasteiger partial charge in [0.25, 0.3) is 0 Å². The third kappa shape index (κ3) is 3.38. The van der Waals surface area contributed by atoms with Crippen LogP contribution in [-0.2, 0) is 7.05 Å². The van der Waals surface area contributed by atoms with Crippen LogP contribution in [0.25, 0.3) is 44.3 Å². The number of aromatic nitrogens is 6. The number of piperidine rings is 1. The van der Waals surface area contributed by atoms with Crippen LogP contribution in [0, 0.1) is 0 Å². The van der Waals surface area contributed by atoms with Gasteiger partial charge in [0, 0.05) is 53.7 Å². The molecule has 5 aromatic rings. The molecule has 0 aromatic carbocycles. The van der Waals surface area contributed by atoms with Crippen LogP contribution < -0.4 is 10.1 Å². The Morgan fingerprint density at radius 1 is 1.00 bits per heavy atom. The molecule has 0 amide bonds. The fourth-order valence-corrected chi connectivity index (χ4v) is 4.32. The summed E-state index contributed by atoms with van der Waals surface area (Å²) < 4.78 is 8.15. The van der Waals surface area contributed by atoms with Crippen LogP contribution in [0.4, 0.5) is 0 Å². The van der Waals surface area contributed by atoms with E-state index in [4.69, 9.17) is 9.72 Å². The van der Waals surface area contributed by atoms with Gasteiger partial charge in [-0.25, -0.2) is 4.98 Å². The van der Waals surface area contributed by atoms with E-state index in [1.807, 2.05) is 44.1 Å². The van der Waals surface area contributed by atoms with Gasteiger partial charge in [0.05, 0.1) is 29.2 Å². The van der Waals surface area contributed by atoms with Crippen molar-refractivity contribution in [3.63, 3.8) is 0 Å². The Hall–Kier alpha value is -3.78. The van der Waals surface area contributed by atoms with Crippen LogP contribution in [0.2, 0.25) is 0 Å². The number of rotatable bonds is 4. The zero-order chi connectivity index (χ0) is 21.5. The highest BCUT2D eigenvalue weighted by atomic mass is 16.5. The maximum absolute atomic E-state index is 6.35. The Bertz CT molecular complexity index is 1410. The highest BCUT2D eigenvalue weighted by Gasteiger charge is 2.18. The van der Waals surface area contributed by atoms with Crippen LogP contribution in [0.1, 0.15) is 12.8 Å². The molecule has 8 nitrogen and oxygen atoms in total. The molecule has 6 rings (SSSR count). The van der Waals surface area contributed by atoms with Gasteiger partial charge in [0.15, 0.2) is 0 Å². The van der Waals surface area contributed by atoms with Crippen LogP contribution in [-0.4, -0.2) is 48.9 Å². The molecule has 6 heterocycles. The molecule has 1 fully saturated rings. The smallest absolute Gasteiger partial charge is 0.138 e. The molecule has 160 valence electrons. The van der Waals surface area contributed by atoms with Gasteiger partial charge >= 0.3 is 0 Å². The summed E-state index contributed by atoms with van der Waals surface area (Å²) in [5, 5.41) is 9.78. The fraction of sp³-hybridized carbons (Fsp3) is 0.250. The van der Waals surface area contributed by atoms with Crippen LogP contribution in [0.5, 0.6) is 5.75 Å². The van der Waals surface area contributed by atoms with Crippen molar-refractivity contribution >= 4 is 21.9 Å². The number of nitrogens with zero attached hydrogens (tertiary/aromatic N) is 5. The minimum absolute atomic E-state index is 0.209. The summed E-state index contributed by atoms with van der Waals surface area (Å²) in [5.74, 6) is 0.827. The standard InChI is InChI=1S/C24H23N7O/c1-31-14-16(11-29-31)15-8-19-18-9-21(27-13-22(18)30-24(19)28-10-15)20-12-26-7-4-23(20)32-17-2-5-25-6-3-17/h4,7-14,17,25H,2-3,5-6H2,1H3,(H,28,30). The van der Waals surface area contributed by atoms with E-state index >= 15 is 0 Å². The van der Waals surface area contributed by atoms with Gasteiger partial charge in [-0.05, 0) is 44.1 Å². The topological polar surface area (TPSA) is 93.5 Å². The Morgan fingerprint density at radius 3 is 2.75 bits per heavy atom. The van der Waals surface area contributed by atoms with Gasteiger partial charge in [-0.15, -0.1) is 0 Å². The molecular weight excluding hydrogens is 402 g/mol. The summed E-state index contributed by atoms with van der Waals surface area (Å²) in [7, 11) is 1.91. The minimum atomic E-state index is 0.209. The second-order valence-corrected chi connectivity index (χ2v) is 8.20. The van der Waals surface area contributed by atoms with Crippen molar-refractivity contribution in [2.24, 2.45) is 7.05 Å². The predicted molar refractivity (Wildman–Crippen MR) is 123 cm³/mol. The van der Waals surface area contributed by atoms with Crippen LogP contribution in [0.15, 0.2) is 55.4 Å². The Morgan fingerprint density at radius 2 is 1.91 bits per heavy atom. The number of fused-ring (bicyclic) bond motifs is 3. The lowest BCUT2D eigenvalue weighted by Gasteiger charge is -2.24. The van der Waals surface area contributed by atoms with Gasteiger partial charge in [0.1, 0.15) is 17.5 Å². The van der Waals surface area contributed by atoms with E-state index in [1.54, 1.807) is 10.9 Å². The third-order valence-corrected chi connectivity index (χ3v) is 6.01. The number of aromatic amines is 1. The number of hydrogen-bond donors (Lipinski definition) is 2. The number of ether oxygens (including phenoxy) is 1. The van der Waals surface area contributed by atoms with E-state index in [1.165, 1.54) is 0 Å². The minimum Gasteiger partial charge on any atom is -0.490 e. The maximum Gasteiger partial charge on any atom is 0.138 e. The molecule has 2 N–H and O–H groups in total. The maximum atomic E-state index is 6.35. The molecule has 0 spiro atoms. The molecule has 0 unspecified atom stereocenters. The lowest BCUT2D eigenvalue weighted by molar-refractivity contribution is 0.163. The van der Waals surface area contributed by atoms with Crippen molar-refractivity contribution in [3.05, 3.63) is 55.4 Å². The first-order chi connectivity index (χ1) is 15.7. The molecular formula is C24H23N7O. The van der Waals surface area contributed by atoms with E-state index in [0.717, 1.165) is 76.0 Å². The molecule has 1 saturated heterocycles. The molecule has 1 aliphatic rings. The number of hydrogen-bond acceptors (Lipinski definition) is 6. The summed E-state index contributed by atoms with van der Waals surface area (Å²) in [6, 6.07) is 6.17. The lowest BCUT2D eigenvalue weighted by Crippen LogP contribution is -2.34.